The summed E-state index contributed by atoms with van der Waals surface area (Å²) in [6.45, 7) is 1.86. The molecule has 0 aliphatic carbocycles. The van der Waals surface area contributed by atoms with Gasteiger partial charge in [0.05, 0.1) is 0 Å². The van der Waals surface area contributed by atoms with E-state index < -0.39 is 5.91 Å². The second-order valence-electron chi connectivity index (χ2n) is 3.30. The summed E-state index contributed by atoms with van der Waals surface area (Å²) in [7, 11) is 0. The van der Waals surface area contributed by atoms with Crippen LogP contribution < -0.4 is 5.73 Å². The van der Waals surface area contributed by atoms with Gasteiger partial charge in [0.2, 0.25) is 0 Å². The molecule has 2 heterocycles. The molecule has 5 heteroatoms. The number of nitrogens with zero attached hydrogens (tertiary/aromatic N) is 3. The van der Waals surface area contributed by atoms with E-state index in [2.05, 4.69) is 15.0 Å². The van der Waals surface area contributed by atoms with E-state index in [1.165, 1.54) is 12.4 Å². The Morgan fingerprint density at radius 3 is 2.62 bits per heavy atom. The number of carbonyl (C=O) groups excluding carboxylic acids is 1. The first-order valence-corrected chi connectivity index (χ1v) is 4.72. The van der Waals surface area contributed by atoms with E-state index in [4.69, 9.17) is 5.73 Å². The smallest absolute Gasteiger partial charge is 0.269 e. The molecule has 0 fully saturated rings. The van der Waals surface area contributed by atoms with Crippen LogP contribution in [0.3, 0.4) is 0 Å². The number of nitrogens with two attached hydrogens (primary N) is 1. The normalized spacial score (nSPS) is 10.1. The van der Waals surface area contributed by atoms with Crippen molar-refractivity contribution < 1.29 is 4.79 Å². The van der Waals surface area contributed by atoms with Crippen molar-refractivity contribution in [2.45, 2.75) is 6.92 Å². The molecule has 1 amide bonds. The maximum atomic E-state index is 11.2. The van der Waals surface area contributed by atoms with Gasteiger partial charge in [-0.05, 0) is 19.1 Å². The molecule has 5 nitrogen and oxygen atoms in total. The predicted octanol–water partition coefficient (Wildman–Crippen LogP) is 0.946. The van der Waals surface area contributed by atoms with Crippen LogP contribution in [0.1, 0.15) is 16.2 Å². The summed E-state index contributed by atoms with van der Waals surface area (Å²) in [5, 5.41) is 0. The zero-order chi connectivity index (χ0) is 11.5. The van der Waals surface area contributed by atoms with E-state index in [0.29, 0.717) is 5.69 Å². The number of amides is 1. The molecule has 2 aromatic rings. The van der Waals surface area contributed by atoms with Crippen molar-refractivity contribution in [2.24, 2.45) is 5.73 Å². The molecule has 0 atom stereocenters. The first kappa shape index (κ1) is 10.2. The Morgan fingerprint density at radius 1 is 1.19 bits per heavy atom. The van der Waals surface area contributed by atoms with Crippen molar-refractivity contribution in [3.63, 3.8) is 0 Å². The lowest BCUT2D eigenvalue weighted by atomic mass is 10.1. The molecular weight excluding hydrogens is 204 g/mol. The number of aromatic nitrogens is 3. The molecule has 0 saturated carbocycles. The van der Waals surface area contributed by atoms with Crippen molar-refractivity contribution in [1.29, 1.82) is 0 Å². The molecule has 0 aromatic carbocycles. The average molecular weight is 214 g/mol. The summed E-state index contributed by atoms with van der Waals surface area (Å²) in [5.74, 6) is -0.586. The minimum Gasteiger partial charge on any atom is -0.364 e. The largest absolute Gasteiger partial charge is 0.364 e. The van der Waals surface area contributed by atoms with Crippen LogP contribution in [0.15, 0.2) is 30.7 Å². The Hall–Kier alpha value is -2.30. The molecule has 2 rings (SSSR count). The lowest BCUT2D eigenvalue weighted by molar-refractivity contribution is 0.0996. The van der Waals surface area contributed by atoms with Crippen molar-refractivity contribution in [3.8, 4) is 11.3 Å². The quantitative estimate of drug-likeness (QED) is 0.806. The summed E-state index contributed by atoms with van der Waals surface area (Å²) in [6.07, 6.45) is 4.62. The van der Waals surface area contributed by atoms with Crippen LogP contribution in [0.4, 0.5) is 0 Å². The number of aryl methyl sites for hydroxylation is 1. The second-order valence-corrected chi connectivity index (χ2v) is 3.30. The highest BCUT2D eigenvalue weighted by atomic mass is 16.1. The van der Waals surface area contributed by atoms with E-state index in [9.17, 15) is 4.79 Å². The summed E-state index contributed by atoms with van der Waals surface area (Å²) >= 11 is 0. The molecule has 0 spiro atoms. The highest BCUT2D eigenvalue weighted by molar-refractivity contribution is 5.96. The minimum atomic E-state index is -0.586. The van der Waals surface area contributed by atoms with Crippen molar-refractivity contribution in [1.82, 2.24) is 15.0 Å². The maximum absolute atomic E-state index is 11.2. The zero-order valence-electron chi connectivity index (χ0n) is 8.71. The van der Waals surface area contributed by atoms with Gasteiger partial charge in [-0.15, -0.1) is 0 Å². The number of pyridine rings is 1. The topological polar surface area (TPSA) is 81.8 Å². The highest BCUT2D eigenvalue weighted by Gasteiger charge is 2.12. The van der Waals surface area contributed by atoms with Gasteiger partial charge >= 0.3 is 0 Å². The van der Waals surface area contributed by atoms with Crippen LogP contribution in [-0.4, -0.2) is 20.9 Å². The number of primary amides is 1. The Bertz CT molecular complexity index is 539. The number of carbonyl (C=O) groups is 1. The van der Waals surface area contributed by atoms with E-state index in [1.54, 1.807) is 12.3 Å². The van der Waals surface area contributed by atoms with E-state index in [-0.39, 0.29) is 5.69 Å². The van der Waals surface area contributed by atoms with E-state index in [0.717, 1.165) is 11.3 Å². The second kappa shape index (κ2) is 4.06. The SMILES string of the molecule is Cc1cc(-c2nccnc2C(N)=O)ccn1. The highest BCUT2D eigenvalue weighted by Crippen LogP contribution is 2.19. The molecule has 80 valence electrons. The van der Waals surface area contributed by atoms with Crippen LogP contribution >= 0.6 is 0 Å². The van der Waals surface area contributed by atoms with Gasteiger partial charge in [0.15, 0.2) is 5.69 Å². The molecule has 0 radical (unpaired) electrons. The van der Waals surface area contributed by atoms with E-state index in [1.807, 2.05) is 13.0 Å². The third-order valence-corrected chi connectivity index (χ3v) is 2.10. The Morgan fingerprint density at radius 2 is 1.94 bits per heavy atom. The summed E-state index contributed by atoms with van der Waals surface area (Å²) in [5.41, 5.74) is 7.53. The van der Waals surface area contributed by atoms with Gasteiger partial charge in [0, 0.05) is 29.8 Å². The summed E-state index contributed by atoms with van der Waals surface area (Å²) in [6, 6.07) is 3.60. The van der Waals surface area contributed by atoms with Gasteiger partial charge < -0.3 is 5.73 Å². The van der Waals surface area contributed by atoms with Gasteiger partial charge in [-0.1, -0.05) is 0 Å². The van der Waals surface area contributed by atoms with Gasteiger partial charge in [-0.2, -0.15) is 0 Å². The molecule has 2 N–H and O–H groups in total. The zero-order valence-corrected chi connectivity index (χ0v) is 8.71. The van der Waals surface area contributed by atoms with Gasteiger partial charge in [-0.25, -0.2) is 4.98 Å². The Labute approximate surface area is 92.4 Å². The molecule has 2 aromatic heterocycles. The third kappa shape index (κ3) is 1.88. The monoisotopic (exact) mass is 214 g/mol. The van der Waals surface area contributed by atoms with Crippen molar-refractivity contribution in [3.05, 3.63) is 42.1 Å². The lowest BCUT2D eigenvalue weighted by Crippen LogP contribution is -2.15. The first-order valence-electron chi connectivity index (χ1n) is 4.72. The fourth-order valence-electron chi connectivity index (χ4n) is 1.42. The maximum Gasteiger partial charge on any atom is 0.269 e. The molecule has 0 saturated heterocycles. The third-order valence-electron chi connectivity index (χ3n) is 2.10. The van der Waals surface area contributed by atoms with Gasteiger partial charge in [0.1, 0.15) is 5.69 Å². The molecule has 16 heavy (non-hydrogen) atoms. The summed E-state index contributed by atoms with van der Waals surface area (Å²) in [4.78, 5) is 23.3. The number of hydrogen-bond donors (Lipinski definition) is 1. The van der Waals surface area contributed by atoms with Crippen LogP contribution in [0.2, 0.25) is 0 Å². The van der Waals surface area contributed by atoms with Crippen molar-refractivity contribution >= 4 is 5.91 Å². The summed E-state index contributed by atoms with van der Waals surface area (Å²) < 4.78 is 0. The predicted molar refractivity (Wildman–Crippen MR) is 58.5 cm³/mol. The van der Waals surface area contributed by atoms with Crippen LogP contribution in [0.25, 0.3) is 11.3 Å². The van der Waals surface area contributed by atoms with Crippen LogP contribution in [0, 0.1) is 6.92 Å². The van der Waals surface area contributed by atoms with Gasteiger partial charge in [0.25, 0.3) is 5.91 Å². The van der Waals surface area contributed by atoms with Crippen molar-refractivity contribution in [2.75, 3.05) is 0 Å². The fraction of sp³-hybridized carbons (Fsp3) is 0.0909. The Balaban J connectivity index is 2.60. The number of rotatable bonds is 2. The molecular formula is C11H10N4O. The molecule has 0 aliphatic heterocycles. The standard InChI is InChI=1S/C11H10N4O/c1-7-6-8(2-3-13-7)9-10(11(12)16)15-5-4-14-9/h2-6H,1H3,(H2,12,16). The average Bonchev–Trinajstić information content (AvgIpc) is 2.29. The van der Waals surface area contributed by atoms with Crippen LogP contribution in [-0.2, 0) is 0 Å². The van der Waals surface area contributed by atoms with Crippen LogP contribution in [0.5, 0.6) is 0 Å². The Kier molecular flexibility index (Phi) is 2.59. The minimum absolute atomic E-state index is 0.174. The van der Waals surface area contributed by atoms with E-state index >= 15 is 0 Å². The fourth-order valence-corrected chi connectivity index (χ4v) is 1.42. The molecule has 0 aliphatic rings. The number of hydrogen-bond acceptors (Lipinski definition) is 4. The van der Waals surface area contributed by atoms with Gasteiger partial charge in [-0.3, -0.25) is 14.8 Å². The molecule has 0 bridgehead atoms. The lowest BCUT2D eigenvalue weighted by Gasteiger charge is -2.04. The first-order chi connectivity index (χ1) is 7.68. The molecule has 0 unspecified atom stereocenters.